The quantitative estimate of drug-likeness (QED) is 0.697. The van der Waals surface area contributed by atoms with Crippen LogP contribution in [-0.4, -0.2) is 39.1 Å². The van der Waals surface area contributed by atoms with Gasteiger partial charge >= 0.3 is 6.61 Å². The number of imidazole rings is 1. The van der Waals surface area contributed by atoms with Crippen molar-refractivity contribution in [1.82, 2.24) is 19.4 Å². The summed E-state index contributed by atoms with van der Waals surface area (Å²) in [5.74, 6) is 1.43. The van der Waals surface area contributed by atoms with Crippen molar-refractivity contribution in [2.24, 2.45) is 5.92 Å². The highest BCUT2D eigenvalue weighted by molar-refractivity contribution is 5.53. The standard InChI is InChI=1S/C22H22F2N4O2/c23-22(24)30-17-3-1-2-14(9-17)10-27-11-15-8-16(13-27)19-5-4-18(20-25-6-7-26-20)21(29)28(19)12-15/h1-7,9,15-16,22H,8,10-13H2,(H,25,26)/t15-,16+/m0/s1. The molecule has 0 saturated carbocycles. The lowest BCUT2D eigenvalue weighted by atomic mass is 9.82. The molecule has 0 radical (unpaired) electrons. The fourth-order valence-corrected chi connectivity index (χ4v) is 4.85. The van der Waals surface area contributed by atoms with Crippen LogP contribution >= 0.6 is 0 Å². The number of piperidine rings is 1. The average molecular weight is 412 g/mol. The van der Waals surface area contributed by atoms with Gasteiger partial charge in [-0.05, 0) is 42.2 Å². The maximum atomic E-state index is 13.1. The van der Waals surface area contributed by atoms with E-state index in [0.29, 0.717) is 30.4 Å². The number of rotatable bonds is 5. The molecule has 30 heavy (non-hydrogen) atoms. The summed E-state index contributed by atoms with van der Waals surface area (Å²) >= 11 is 0. The lowest BCUT2D eigenvalue weighted by Crippen LogP contribution is -2.46. The van der Waals surface area contributed by atoms with Crippen molar-refractivity contribution in [3.8, 4) is 17.1 Å². The van der Waals surface area contributed by atoms with Crippen molar-refractivity contribution in [3.63, 3.8) is 0 Å². The van der Waals surface area contributed by atoms with E-state index in [1.165, 1.54) is 0 Å². The van der Waals surface area contributed by atoms with Crippen LogP contribution in [0.1, 0.15) is 23.6 Å². The molecule has 1 fully saturated rings. The highest BCUT2D eigenvalue weighted by atomic mass is 19.3. The number of alkyl halides is 2. The number of nitrogens with zero attached hydrogens (tertiary/aromatic N) is 3. The van der Waals surface area contributed by atoms with Crippen LogP contribution < -0.4 is 10.3 Å². The second-order valence-corrected chi connectivity index (χ2v) is 8.04. The number of hydrogen-bond acceptors (Lipinski definition) is 4. The van der Waals surface area contributed by atoms with Gasteiger partial charge in [0.25, 0.3) is 5.56 Å². The SMILES string of the molecule is O=c1c(-c2ncc[nH]2)ccc2n1C[C@H]1C[C@@H]2CN(Cc2cccc(OC(F)F)c2)C1. The highest BCUT2D eigenvalue weighted by Crippen LogP contribution is 2.36. The molecule has 2 atom stereocenters. The summed E-state index contributed by atoms with van der Waals surface area (Å²) in [4.78, 5) is 22.6. The van der Waals surface area contributed by atoms with Crippen LogP contribution in [0.2, 0.25) is 0 Å². The molecule has 3 aromatic rings. The van der Waals surface area contributed by atoms with Gasteiger partial charge in [0.2, 0.25) is 0 Å². The number of nitrogens with one attached hydrogen (secondary N) is 1. The van der Waals surface area contributed by atoms with E-state index in [1.54, 1.807) is 30.6 Å². The van der Waals surface area contributed by atoms with Gasteiger partial charge in [-0.2, -0.15) is 8.78 Å². The minimum Gasteiger partial charge on any atom is -0.435 e. The topological polar surface area (TPSA) is 63.2 Å². The number of pyridine rings is 1. The molecule has 2 aromatic heterocycles. The van der Waals surface area contributed by atoms with Gasteiger partial charge in [0.15, 0.2) is 0 Å². The maximum Gasteiger partial charge on any atom is 0.387 e. The van der Waals surface area contributed by atoms with Gasteiger partial charge in [0.1, 0.15) is 11.6 Å². The summed E-state index contributed by atoms with van der Waals surface area (Å²) < 4.78 is 31.4. The predicted molar refractivity (Wildman–Crippen MR) is 107 cm³/mol. The molecule has 0 aliphatic carbocycles. The van der Waals surface area contributed by atoms with Crippen molar-refractivity contribution in [1.29, 1.82) is 0 Å². The van der Waals surface area contributed by atoms with E-state index >= 15 is 0 Å². The normalized spacial score (nSPS) is 20.9. The number of aromatic nitrogens is 3. The minimum atomic E-state index is -2.82. The van der Waals surface area contributed by atoms with Gasteiger partial charge in [0, 0.05) is 50.2 Å². The summed E-state index contributed by atoms with van der Waals surface area (Å²) in [6.45, 7) is 0.228. The van der Waals surface area contributed by atoms with Crippen LogP contribution in [0.4, 0.5) is 8.78 Å². The molecule has 4 heterocycles. The first-order chi connectivity index (χ1) is 14.6. The summed E-state index contributed by atoms with van der Waals surface area (Å²) in [5, 5.41) is 0. The second-order valence-electron chi connectivity index (χ2n) is 8.04. The molecule has 1 saturated heterocycles. The average Bonchev–Trinajstić information content (AvgIpc) is 3.23. The van der Waals surface area contributed by atoms with E-state index in [-0.39, 0.29) is 17.2 Å². The lowest BCUT2D eigenvalue weighted by molar-refractivity contribution is -0.0499. The van der Waals surface area contributed by atoms with Crippen molar-refractivity contribution in [2.45, 2.75) is 32.0 Å². The first-order valence-corrected chi connectivity index (χ1v) is 10.1. The third-order valence-corrected chi connectivity index (χ3v) is 5.96. The number of aromatic amines is 1. The smallest absolute Gasteiger partial charge is 0.387 e. The third-order valence-electron chi connectivity index (χ3n) is 5.96. The molecule has 1 aromatic carbocycles. The van der Waals surface area contributed by atoms with Crippen LogP contribution in [0, 0.1) is 5.92 Å². The Morgan fingerprint density at radius 2 is 2.10 bits per heavy atom. The van der Waals surface area contributed by atoms with E-state index in [0.717, 1.165) is 30.8 Å². The fourth-order valence-electron chi connectivity index (χ4n) is 4.85. The van der Waals surface area contributed by atoms with Crippen molar-refractivity contribution >= 4 is 0 Å². The van der Waals surface area contributed by atoms with E-state index in [2.05, 4.69) is 19.6 Å². The van der Waals surface area contributed by atoms with E-state index in [4.69, 9.17) is 0 Å². The summed E-state index contributed by atoms with van der Waals surface area (Å²) in [6.07, 6.45) is 4.42. The molecule has 0 spiro atoms. The zero-order chi connectivity index (χ0) is 20.7. The molecular formula is C22H22F2N4O2. The van der Waals surface area contributed by atoms with Crippen LogP contribution in [0.5, 0.6) is 5.75 Å². The Kier molecular flexibility index (Phi) is 4.86. The number of halogens is 2. The van der Waals surface area contributed by atoms with Crippen molar-refractivity contribution in [3.05, 3.63) is 70.4 Å². The molecule has 0 unspecified atom stereocenters. The summed E-state index contributed by atoms with van der Waals surface area (Å²) in [5.41, 5.74) is 2.60. The predicted octanol–water partition coefficient (Wildman–Crippen LogP) is 3.46. The molecule has 156 valence electrons. The monoisotopic (exact) mass is 412 g/mol. The lowest BCUT2D eigenvalue weighted by Gasteiger charge is -2.43. The number of H-pyrrole nitrogens is 1. The van der Waals surface area contributed by atoms with Crippen LogP contribution in [0.15, 0.2) is 53.6 Å². The Labute approximate surface area is 172 Å². The maximum absolute atomic E-state index is 13.1. The second kappa shape index (κ2) is 7.68. The molecule has 5 rings (SSSR count). The summed E-state index contributed by atoms with van der Waals surface area (Å²) in [6, 6.07) is 10.8. The van der Waals surface area contributed by atoms with Crippen LogP contribution in [0.25, 0.3) is 11.4 Å². The first kappa shape index (κ1) is 19.0. The Morgan fingerprint density at radius 1 is 1.20 bits per heavy atom. The fraction of sp³-hybridized carbons (Fsp3) is 0.364. The Hall–Kier alpha value is -3.00. The molecule has 2 bridgehead atoms. The first-order valence-electron chi connectivity index (χ1n) is 10.1. The van der Waals surface area contributed by atoms with Gasteiger partial charge in [-0.25, -0.2) is 4.98 Å². The molecule has 0 amide bonds. The molecule has 2 aliphatic rings. The van der Waals surface area contributed by atoms with Gasteiger partial charge in [-0.3, -0.25) is 9.69 Å². The zero-order valence-electron chi connectivity index (χ0n) is 16.3. The molecule has 2 aliphatic heterocycles. The minimum absolute atomic E-state index is 0.00227. The number of likely N-dealkylation sites (tertiary alicyclic amines) is 1. The van der Waals surface area contributed by atoms with E-state index in [9.17, 15) is 13.6 Å². The highest BCUT2D eigenvalue weighted by Gasteiger charge is 2.35. The Balaban J connectivity index is 1.36. The number of fused-ring (bicyclic) bond motifs is 4. The molecule has 8 heteroatoms. The Morgan fingerprint density at radius 3 is 2.90 bits per heavy atom. The van der Waals surface area contributed by atoms with Crippen LogP contribution in [-0.2, 0) is 13.1 Å². The number of hydrogen-bond donors (Lipinski definition) is 1. The molecule has 6 nitrogen and oxygen atoms in total. The summed E-state index contributed by atoms with van der Waals surface area (Å²) in [7, 11) is 0. The van der Waals surface area contributed by atoms with E-state index < -0.39 is 6.61 Å². The molecule has 1 N–H and O–H groups in total. The van der Waals surface area contributed by atoms with Gasteiger partial charge in [-0.1, -0.05) is 12.1 Å². The van der Waals surface area contributed by atoms with Crippen molar-refractivity contribution < 1.29 is 13.5 Å². The Bertz CT molecular complexity index is 1100. The van der Waals surface area contributed by atoms with Gasteiger partial charge in [-0.15, -0.1) is 0 Å². The zero-order valence-corrected chi connectivity index (χ0v) is 16.3. The number of benzene rings is 1. The largest absolute Gasteiger partial charge is 0.435 e. The van der Waals surface area contributed by atoms with Gasteiger partial charge < -0.3 is 14.3 Å². The van der Waals surface area contributed by atoms with E-state index in [1.807, 2.05) is 22.8 Å². The third kappa shape index (κ3) is 3.63. The number of ether oxygens (including phenoxy) is 1. The van der Waals surface area contributed by atoms with Gasteiger partial charge in [0.05, 0.1) is 5.56 Å². The van der Waals surface area contributed by atoms with Crippen molar-refractivity contribution in [2.75, 3.05) is 13.1 Å². The van der Waals surface area contributed by atoms with Crippen LogP contribution in [0.3, 0.4) is 0 Å². The molecular weight excluding hydrogens is 390 g/mol.